The Bertz CT molecular complexity index is 203. The van der Waals surface area contributed by atoms with Crippen molar-refractivity contribution in [3.05, 3.63) is 30.3 Å². The molecule has 4 heteroatoms. The summed E-state index contributed by atoms with van der Waals surface area (Å²) in [4.78, 5) is 2.33. The van der Waals surface area contributed by atoms with Gasteiger partial charge in [0.1, 0.15) is 0 Å². The summed E-state index contributed by atoms with van der Waals surface area (Å²) in [6.07, 6.45) is 0. The number of para-hydroxylation sites is 1. The maximum atomic E-state index is 2.33. The van der Waals surface area contributed by atoms with Crippen molar-refractivity contribution < 1.29 is 34.0 Å². The van der Waals surface area contributed by atoms with Crippen LogP contribution in [0.1, 0.15) is 13.8 Å². The van der Waals surface area contributed by atoms with Crippen LogP contribution in [0.2, 0.25) is 0 Å². The number of hydrogen-bond acceptors (Lipinski definition) is 1. The molecule has 1 nitrogen and oxygen atoms in total. The Labute approximate surface area is 124 Å². The molecule has 14 heavy (non-hydrogen) atoms. The van der Waals surface area contributed by atoms with Gasteiger partial charge in [0.2, 0.25) is 0 Å². The van der Waals surface area contributed by atoms with Gasteiger partial charge in [-0.3, -0.25) is 0 Å². The fraction of sp³-hybridized carbons (Fsp3) is 0.400. The molecule has 0 saturated heterocycles. The van der Waals surface area contributed by atoms with Crippen molar-refractivity contribution in [2.75, 3.05) is 18.0 Å². The van der Waals surface area contributed by atoms with Crippen LogP contribution in [0.3, 0.4) is 0 Å². The zero-order valence-electron chi connectivity index (χ0n) is 8.71. The first kappa shape index (κ1) is 20.2. The number of benzene rings is 1. The van der Waals surface area contributed by atoms with E-state index in [0.717, 1.165) is 13.1 Å². The largest absolute Gasteiger partial charge is 2.00 e. The number of anilines is 1. The average molecular weight is 333 g/mol. The SMILES string of the molecule is CCN(CC)c1ccccc1.[Br-].[Br-].[Mg+2]. The van der Waals surface area contributed by atoms with Gasteiger partial charge in [0.25, 0.3) is 0 Å². The molecule has 0 aliphatic carbocycles. The van der Waals surface area contributed by atoms with Crippen LogP contribution in [0.25, 0.3) is 0 Å². The fourth-order valence-corrected chi connectivity index (χ4v) is 1.23. The molecule has 0 aliphatic rings. The summed E-state index contributed by atoms with van der Waals surface area (Å²) in [7, 11) is 0. The van der Waals surface area contributed by atoms with Crippen molar-refractivity contribution in [1.29, 1.82) is 0 Å². The van der Waals surface area contributed by atoms with E-state index < -0.39 is 0 Å². The van der Waals surface area contributed by atoms with E-state index in [1.54, 1.807) is 0 Å². The second-order valence-corrected chi connectivity index (χ2v) is 2.51. The van der Waals surface area contributed by atoms with Crippen LogP contribution in [0.15, 0.2) is 30.3 Å². The number of hydrogen-bond donors (Lipinski definition) is 0. The summed E-state index contributed by atoms with van der Waals surface area (Å²) in [5, 5.41) is 0. The van der Waals surface area contributed by atoms with E-state index in [1.807, 2.05) is 6.07 Å². The minimum Gasteiger partial charge on any atom is -1.00 e. The molecular formula is C10H15Br2MgN. The minimum absolute atomic E-state index is 0. The van der Waals surface area contributed by atoms with E-state index in [4.69, 9.17) is 0 Å². The quantitative estimate of drug-likeness (QED) is 0.512. The fourth-order valence-electron chi connectivity index (χ4n) is 1.23. The Kier molecular flexibility index (Phi) is 17.0. The van der Waals surface area contributed by atoms with Crippen LogP contribution in [-0.2, 0) is 0 Å². The zero-order valence-corrected chi connectivity index (χ0v) is 13.3. The van der Waals surface area contributed by atoms with E-state index >= 15 is 0 Å². The molecule has 1 aromatic carbocycles. The molecule has 1 rings (SSSR count). The monoisotopic (exact) mass is 331 g/mol. The molecule has 0 saturated carbocycles. The van der Waals surface area contributed by atoms with Gasteiger partial charge in [0.15, 0.2) is 0 Å². The van der Waals surface area contributed by atoms with Crippen LogP contribution >= 0.6 is 0 Å². The predicted molar refractivity (Wildman–Crippen MR) is 55.8 cm³/mol. The maximum absolute atomic E-state index is 2.33. The van der Waals surface area contributed by atoms with Gasteiger partial charge in [-0.25, -0.2) is 0 Å². The second kappa shape index (κ2) is 11.8. The van der Waals surface area contributed by atoms with Gasteiger partial charge < -0.3 is 38.9 Å². The van der Waals surface area contributed by atoms with Gasteiger partial charge in [0, 0.05) is 18.8 Å². The second-order valence-electron chi connectivity index (χ2n) is 2.51. The van der Waals surface area contributed by atoms with E-state index in [2.05, 4.69) is 43.0 Å². The van der Waals surface area contributed by atoms with Crippen molar-refractivity contribution in [2.24, 2.45) is 0 Å². The third-order valence-corrected chi connectivity index (χ3v) is 1.88. The molecule has 0 unspecified atom stereocenters. The Morgan fingerprint density at radius 1 is 0.929 bits per heavy atom. The molecule has 0 atom stereocenters. The van der Waals surface area contributed by atoms with Gasteiger partial charge in [-0.1, -0.05) is 18.2 Å². The Hall–Kier alpha value is 0.746. The normalized spacial score (nSPS) is 7.57. The van der Waals surface area contributed by atoms with Crippen LogP contribution in [0.4, 0.5) is 5.69 Å². The topological polar surface area (TPSA) is 3.24 Å². The summed E-state index contributed by atoms with van der Waals surface area (Å²) in [5.74, 6) is 0. The number of halogens is 2. The van der Waals surface area contributed by atoms with E-state index in [9.17, 15) is 0 Å². The standard InChI is InChI=1S/C10H15N.2BrH.Mg/c1-3-11(4-2)10-8-6-5-7-9-10;;;/h5-9H,3-4H2,1-2H3;2*1H;/q;;;+2/p-2. The van der Waals surface area contributed by atoms with Gasteiger partial charge in [-0.2, -0.15) is 0 Å². The van der Waals surface area contributed by atoms with Crippen molar-refractivity contribution in [3.8, 4) is 0 Å². The summed E-state index contributed by atoms with van der Waals surface area (Å²) < 4.78 is 0. The molecule has 0 N–H and O–H groups in total. The molecule has 0 radical (unpaired) electrons. The van der Waals surface area contributed by atoms with Crippen molar-refractivity contribution in [2.45, 2.75) is 13.8 Å². The smallest absolute Gasteiger partial charge is 1.00 e. The molecule has 0 aliphatic heterocycles. The molecule has 76 valence electrons. The van der Waals surface area contributed by atoms with E-state index in [-0.39, 0.29) is 57.0 Å². The third kappa shape index (κ3) is 6.27. The number of rotatable bonds is 3. The predicted octanol–water partition coefficient (Wildman–Crippen LogP) is -3.84. The van der Waals surface area contributed by atoms with Crippen molar-refractivity contribution >= 4 is 28.7 Å². The van der Waals surface area contributed by atoms with Crippen LogP contribution in [0, 0.1) is 0 Å². The van der Waals surface area contributed by atoms with E-state index in [0.29, 0.717) is 0 Å². The molecule has 1 aromatic rings. The van der Waals surface area contributed by atoms with Crippen molar-refractivity contribution in [3.63, 3.8) is 0 Å². The molecule has 0 amide bonds. The summed E-state index contributed by atoms with van der Waals surface area (Å²) in [6.45, 7) is 6.52. The Balaban J connectivity index is -0.000000403. The van der Waals surface area contributed by atoms with E-state index in [1.165, 1.54) is 5.69 Å². The minimum atomic E-state index is 0. The van der Waals surface area contributed by atoms with Crippen molar-refractivity contribution in [1.82, 2.24) is 0 Å². The van der Waals surface area contributed by atoms with Gasteiger partial charge in [-0.05, 0) is 26.0 Å². The molecule has 0 spiro atoms. The summed E-state index contributed by atoms with van der Waals surface area (Å²) >= 11 is 0. The maximum Gasteiger partial charge on any atom is 2.00 e. The molecule has 0 aromatic heterocycles. The first-order valence-corrected chi connectivity index (χ1v) is 4.18. The van der Waals surface area contributed by atoms with Gasteiger partial charge >= 0.3 is 23.1 Å². The summed E-state index contributed by atoms with van der Waals surface area (Å²) in [5.41, 5.74) is 1.32. The van der Waals surface area contributed by atoms with Crippen LogP contribution < -0.4 is 38.9 Å². The average Bonchev–Trinajstić information content (AvgIpc) is 2.09. The summed E-state index contributed by atoms with van der Waals surface area (Å²) in [6, 6.07) is 10.5. The Morgan fingerprint density at radius 3 is 1.71 bits per heavy atom. The molecular weight excluding hydrogens is 318 g/mol. The Morgan fingerprint density at radius 2 is 1.36 bits per heavy atom. The molecule has 0 fully saturated rings. The molecule has 0 heterocycles. The van der Waals surface area contributed by atoms with Gasteiger partial charge in [-0.15, -0.1) is 0 Å². The first-order chi connectivity index (χ1) is 5.38. The van der Waals surface area contributed by atoms with Crippen LogP contribution in [0.5, 0.6) is 0 Å². The van der Waals surface area contributed by atoms with Gasteiger partial charge in [0.05, 0.1) is 0 Å². The number of nitrogens with zero attached hydrogens (tertiary/aromatic N) is 1. The zero-order chi connectivity index (χ0) is 8.10. The molecule has 0 bridgehead atoms. The third-order valence-electron chi connectivity index (χ3n) is 1.88. The van der Waals surface area contributed by atoms with Crippen LogP contribution in [-0.4, -0.2) is 36.1 Å². The first-order valence-electron chi connectivity index (χ1n) is 4.18.